The Kier molecular flexibility index (Phi) is 6.43. The Morgan fingerprint density at radius 3 is 2.86 bits per heavy atom. The average molecular weight is 318 g/mol. The van der Waals surface area contributed by atoms with Crippen molar-refractivity contribution in [2.75, 3.05) is 18.4 Å². The summed E-state index contributed by atoms with van der Waals surface area (Å²) < 4.78 is 0. The largest absolute Gasteiger partial charge is 0.387 e. The van der Waals surface area contributed by atoms with Gasteiger partial charge in [0, 0.05) is 18.8 Å². The lowest BCUT2D eigenvalue weighted by Crippen LogP contribution is -2.29. The molecule has 0 aliphatic carbocycles. The van der Waals surface area contributed by atoms with E-state index in [1.165, 1.54) is 11.3 Å². The quantitative estimate of drug-likeness (QED) is 0.654. The van der Waals surface area contributed by atoms with Crippen molar-refractivity contribution in [2.24, 2.45) is 0 Å². The molecule has 0 aliphatic rings. The van der Waals surface area contributed by atoms with Crippen LogP contribution < -0.4 is 10.6 Å². The number of amides is 1. The summed E-state index contributed by atoms with van der Waals surface area (Å²) in [5.41, 5.74) is 2.27. The molecule has 118 valence electrons. The van der Waals surface area contributed by atoms with Crippen LogP contribution in [-0.4, -0.2) is 24.1 Å². The number of para-hydroxylation sites is 1. The highest BCUT2D eigenvalue weighted by atomic mass is 32.1. The second-order valence-corrected chi connectivity index (χ2v) is 5.89. The lowest BCUT2D eigenvalue weighted by atomic mass is 10.1. The molecule has 0 bridgehead atoms. The zero-order valence-electron chi connectivity index (χ0n) is 12.7. The molecule has 3 N–H and O–H groups in total. The average Bonchev–Trinajstić information content (AvgIpc) is 3.07. The summed E-state index contributed by atoms with van der Waals surface area (Å²) in [6.45, 7) is 3.18. The first-order valence-electron chi connectivity index (χ1n) is 7.53. The number of aliphatic hydroxyl groups excluding tert-OH is 1. The van der Waals surface area contributed by atoms with Crippen molar-refractivity contribution in [1.29, 1.82) is 0 Å². The molecule has 0 radical (unpaired) electrons. The smallest absolute Gasteiger partial charge is 0.253 e. The summed E-state index contributed by atoms with van der Waals surface area (Å²) >= 11 is 1.53. The number of aliphatic hydroxyl groups is 1. The van der Waals surface area contributed by atoms with E-state index in [0.717, 1.165) is 30.6 Å². The molecule has 0 saturated heterocycles. The Morgan fingerprint density at radius 1 is 1.32 bits per heavy atom. The van der Waals surface area contributed by atoms with Gasteiger partial charge in [0.15, 0.2) is 0 Å². The monoisotopic (exact) mass is 318 g/mol. The first-order chi connectivity index (χ1) is 10.7. The molecule has 1 unspecified atom stereocenters. The van der Waals surface area contributed by atoms with Crippen molar-refractivity contribution in [3.63, 3.8) is 0 Å². The molecule has 1 aromatic carbocycles. The highest BCUT2D eigenvalue weighted by Gasteiger charge is 2.13. The molecule has 4 nitrogen and oxygen atoms in total. The van der Waals surface area contributed by atoms with E-state index >= 15 is 0 Å². The second kappa shape index (κ2) is 8.56. The summed E-state index contributed by atoms with van der Waals surface area (Å²) in [5.74, 6) is -0.172. The van der Waals surface area contributed by atoms with Gasteiger partial charge in [-0.2, -0.15) is 11.3 Å². The van der Waals surface area contributed by atoms with Gasteiger partial charge in [-0.1, -0.05) is 25.5 Å². The topological polar surface area (TPSA) is 61.4 Å². The van der Waals surface area contributed by atoms with Gasteiger partial charge in [-0.3, -0.25) is 4.79 Å². The molecule has 0 saturated carbocycles. The minimum atomic E-state index is -0.671. The predicted octanol–water partition coefficient (Wildman–Crippen LogP) is 3.42. The number of benzene rings is 1. The van der Waals surface area contributed by atoms with Crippen LogP contribution in [0.25, 0.3) is 0 Å². The van der Waals surface area contributed by atoms with Crippen molar-refractivity contribution < 1.29 is 9.90 Å². The molecule has 1 aromatic heterocycles. The highest BCUT2D eigenvalue weighted by molar-refractivity contribution is 7.07. The third-order valence-electron chi connectivity index (χ3n) is 3.40. The molecule has 2 rings (SSSR count). The van der Waals surface area contributed by atoms with Crippen molar-refractivity contribution >= 4 is 22.9 Å². The van der Waals surface area contributed by atoms with Gasteiger partial charge in [0.2, 0.25) is 0 Å². The molecule has 1 atom stereocenters. The maximum absolute atomic E-state index is 12.3. The Balaban J connectivity index is 1.94. The van der Waals surface area contributed by atoms with Crippen LogP contribution in [0.3, 0.4) is 0 Å². The maximum atomic E-state index is 12.3. The van der Waals surface area contributed by atoms with Crippen LogP contribution in [0, 0.1) is 0 Å². The maximum Gasteiger partial charge on any atom is 0.253 e. The molecule has 0 aliphatic heterocycles. The van der Waals surface area contributed by atoms with Crippen molar-refractivity contribution in [2.45, 2.75) is 25.9 Å². The van der Waals surface area contributed by atoms with Gasteiger partial charge in [0.1, 0.15) is 0 Å². The van der Waals surface area contributed by atoms with Crippen molar-refractivity contribution in [3.05, 3.63) is 52.2 Å². The van der Waals surface area contributed by atoms with E-state index in [1.54, 1.807) is 6.07 Å². The first-order valence-corrected chi connectivity index (χ1v) is 8.48. The SMILES string of the molecule is CCCCNc1ccccc1C(=O)NCC(O)c1ccsc1. The Bertz CT molecular complexity index is 584. The minimum Gasteiger partial charge on any atom is -0.387 e. The molecule has 0 spiro atoms. The zero-order chi connectivity index (χ0) is 15.8. The van der Waals surface area contributed by atoms with Crippen LogP contribution in [0.5, 0.6) is 0 Å². The number of carbonyl (C=O) groups is 1. The number of hydrogen-bond acceptors (Lipinski definition) is 4. The number of rotatable bonds is 8. The molecule has 1 amide bonds. The molecule has 1 heterocycles. The van der Waals surface area contributed by atoms with Crippen LogP contribution in [0.4, 0.5) is 5.69 Å². The number of carbonyl (C=O) groups excluding carboxylic acids is 1. The molecular formula is C17H22N2O2S. The van der Waals surface area contributed by atoms with Crippen LogP contribution >= 0.6 is 11.3 Å². The van der Waals surface area contributed by atoms with Gasteiger partial charge in [0.05, 0.1) is 11.7 Å². The number of unbranched alkanes of at least 4 members (excludes halogenated alkanes) is 1. The fourth-order valence-corrected chi connectivity index (χ4v) is 2.81. The summed E-state index contributed by atoms with van der Waals surface area (Å²) in [7, 11) is 0. The molecule has 22 heavy (non-hydrogen) atoms. The first kappa shape index (κ1) is 16.5. The number of thiophene rings is 1. The Hall–Kier alpha value is -1.85. The van der Waals surface area contributed by atoms with E-state index in [-0.39, 0.29) is 12.5 Å². The zero-order valence-corrected chi connectivity index (χ0v) is 13.5. The van der Waals surface area contributed by atoms with E-state index < -0.39 is 6.10 Å². The third kappa shape index (κ3) is 4.58. The molecule has 5 heteroatoms. The summed E-state index contributed by atoms with van der Waals surface area (Å²) in [4.78, 5) is 12.3. The number of nitrogens with one attached hydrogen (secondary N) is 2. The highest BCUT2D eigenvalue weighted by Crippen LogP contribution is 2.17. The van der Waals surface area contributed by atoms with Crippen LogP contribution in [0.1, 0.15) is 41.8 Å². The molecular weight excluding hydrogens is 296 g/mol. The van der Waals surface area contributed by atoms with Crippen LogP contribution in [0.2, 0.25) is 0 Å². The molecule has 0 fully saturated rings. The lowest BCUT2D eigenvalue weighted by Gasteiger charge is -2.14. The van der Waals surface area contributed by atoms with E-state index in [4.69, 9.17) is 0 Å². The lowest BCUT2D eigenvalue weighted by molar-refractivity contribution is 0.0917. The van der Waals surface area contributed by atoms with Crippen LogP contribution in [-0.2, 0) is 0 Å². The van der Waals surface area contributed by atoms with E-state index in [0.29, 0.717) is 5.56 Å². The summed E-state index contributed by atoms with van der Waals surface area (Å²) in [6, 6.07) is 9.31. The van der Waals surface area contributed by atoms with Crippen LogP contribution in [0.15, 0.2) is 41.1 Å². The fourth-order valence-electron chi connectivity index (χ4n) is 2.10. The summed E-state index contributed by atoms with van der Waals surface area (Å²) in [5, 5.41) is 19.9. The van der Waals surface area contributed by atoms with E-state index in [2.05, 4.69) is 17.6 Å². The second-order valence-electron chi connectivity index (χ2n) is 5.11. The number of hydrogen-bond donors (Lipinski definition) is 3. The van der Waals surface area contributed by atoms with Crippen molar-refractivity contribution in [1.82, 2.24) is 5.32 Å². The van der Waals surface area contributed by atoms with Gasteiger partial charge >= 0.3 is 0 Å². The minimum absolute atomic E-state index is 0.172. The van der Waals surface area contributed by atoms with Crippen molar-refractivity contribution in [3.8, 4) is 0 Å². The normalized spacial score (nSPS) is 11.9. The van der Waals surface area contributed by atoms with Gasteiger partial charge in [-0.15, -0.1) is 0 Å². The Morgan fingerprint density at radius 2 is 2.14 bits per heavy atom. The Labute approximate surface area is 135 Å². The fraction of sp³-hybridized carbons (Fsp3) is 0.353. The molecule has 2 aromatic rings. The van der Waals surface area contributed by atoms with Gasteiger partial charge in [-0.05, 0) is 40.9 Å². The van der Waals surface area contributed by atoms with E-state index in [9.17, 15) is 9.90 Å². The number of anilines is 1. The van der Waals surface area contributed by atoms with E-state index in [1.807, 2.05) is 35.0 Å². The standard InChI is InChI=1S/C17H22N2O2S/c1-2-3-9-18-15-7-5-4-6-14(15)17(21)19-11-16(20)13-8-10-22-12-13/h4-8,10,12,16,18,20H,2-3,9,11H2,1H3,(H,19,21). The third-order valence-corrected chi connectivity index (χ3v) is 4.10. The summed E-state index contributed by atoms with van der Waals surface area (Å²) in [6.07, 6.45) is 1.50. The van der Waals surface area contributed by atoms with Gasteiger partial charge in [-0.25, -0.2) is 0 Å². The van der Waals surface area contributed by atoms with Gasteiger partial charge < -0.3 is 15.7 Å². The predicted molar refractivity (Wildman–Crippen MR) is 91.5 cm³/mol. The van der Waals surface area contributed by atoms with Gasteiger partial charge in [0.25, 0.3) is 5.91 Å².